The van der Waals surface area contributed by atoms with E-state index >= 15 is 0 Å². The molecule has 0 spiro atoms. The highest BCUT2D eigenvalue weighted by Crippen LogP contribution is 2.41. The lowest BCUT2D eigenvalue weighted by molar-refractivity contribution is 0.0434. The maximum Gasteiger partial charge on any atom is 0.00302 e. The molecule has 0 aromatic heterocycles. The van der Waals surface area contributed by atoms with E-state index in [9.17, 15) is 0 Å². The molecule has 112 valence electrons. The summed E-state index contributed by atoms with van der Waals surface area (Å²) < 4.78 is 0. The highest BCUT2D eigenvalue weighted by molar-refractivity contribution is 4.87. The number of likely N-dealkylation sites (tertiary alicyclic amines) is 1. The molecule has 1 aliphatic carbocycles. The van der Waals surface area contributed by atoms with Crippen molar-refractivity contribution in [2.75, 3.05) is 19.6 Å². The van der Waals surface area contributed by atoms with E-state index in [0.29, 0.717) is 5.41 Å². The van der Waals surface area contributed by atoms with Gasteiger partial charge in [-0.25, -0.2) is 0 Å². The van der Waals surface area contributed by atoms with Crippen LogP contribution in [0.5, 0.6) is 0 Å². The van der Waals surface area contributed by atoms with Crippen LogP contribution in [0, 0.1) is 29.1 Å². The first-order chi connectivity index (χ1) is 8.83. The van der Waals surface area contributed by atoms with Gasteiger partial charge in [-0.1, -0.05) is 41.0 Å². The Morgan fingerprint density at radius 1 is 1.05 bits per heavy atom. The molecule has 0 radical (unpaired) electrons. The van der Waals surface area contributed by atoms with Crippen molar-refractivity contribution in [3.8, 4) is 0 Å². The third-order valence-corrected chi connectivity index (χ3v) is 5.06. The van der Waals surface area contributed by atoms with Gasteiger partial charge in [0.15, 0.2) is 0 Å². The average molecular weight is 265 g/mol. The van der Waals surface area contributed by atoms with Gasteiger partial charge in [0.05, 0.1) is 0 Å². The van der Waals surface area contributed by atoms with Gasteiger partial charge in [-0.2, -0.15) is 0 Å². The van der Waals surface area contributed by atoms with Gasteiger partial charge < -0.3 is 4.90 Å². The van der Waals surface area contributed by atoms with Crippen LogP contribution < -0.4 is 0 Å². The van der Waals surface area contributed by atoms with Crippen LogP contribution in [0.1, 0.15) is 66.7 Å². The molecular formula is C18H35N. The van der Waals surface area contributed by atoms with Crippen molar-refractivity contribution in [3.63, 3.8) is 0 Å². The summed E-state index contributed by atoms with van der Waals surface area (Å²) in [6.45, 7) is 15.9. The second-order valence-corrected chi connectivity index (χ2v) is 8.91. The molecule has 1 aliphatic heterocycles. The number of hydrogen-bond donors (Lipinski definition) is 0. The largest absolute Gasteiger partial charge is 0.303 e. The summed E-state index contributed by atoms with van der Waals surface area (Å²) in [5.41, 5.74) is 0.457. The Kier molecular flexibility index (Phi) is 4.98. The number of hydrogen-bond acceptors (Lipinski definition) is 1. The van der Waals surface area contributed by atoms with Gasteiger partial charge in [0.1, 0.15) is 0 Å². The predicted octanol–water partition coefficient (Wildman–Crippen LogP) is 4.82. The van der Waals surface area contributed by atoms with E-state index in [1.807, 2.05) is 0 Å². The molecule has 3 atom stereocenters. The summed E-state index contributed by atoms with van der Waals surface area (Å²) in [5, 5.41) is 0. The monoisotopic (exact) mass is 265 g/mol. The first-order valence-electron chi connectivity index (χ1n) is 8.56. The predicted molar refractivity (Wildman–Crippen MR) is 84.3 cm³/mol. The smallest absolute Gasteiger partial charge is 0.00302 e. The van der Waals surface area contributed by atoms with Crippen LogP contribution in [-0.2, 0) is 0 Å². The summed E-state index contributed by atoms with van der Waals surface area (Å²) in [6, 6.07) is 0. The maximum absolute atomic E-state index is 2.75. The first-order valence-corrected chi connectivity index (χ1v) is 8.56. The average Bonchev–Trinajstić information content (AvgIpc) is 2.25. The van der Waals surface area contributed by atoms with Gasteiger partial charge in [-0.3, -0.25) is 0 Å². The van der Waals surface area contributed by atoms with Gasteiger partial charge in [-0.15, -0.1) is 0 Å². The molecule has 1 saturated heterocycles. The number of rotatable bonds is 3. The van der Waals surface area contributed by atoms with Crippen LogP contribution in [0.2, 0.25) is 0 Å². The molecule has 0 aromatic carbocycles. The fourth-order valence-corrected chi connectivity index (χ4v) is 4.49. The first kappa shape index (κ1) is 15.4. The summed E-state index contributed by atoms with van der Waals surface area (Å²) in [5.74, 6) is 3.97. The van der Waals surface area contributed by atoms with Gasteiger partial charge in [-0.05, 0) is 61.3 Å². The Balaban J connectivity index is 1.86. The van der Waals surface area contributed by atoms with E-state index in [-0.39, 0.29) is 0 Å². The molecule has 0 bridgehead atoms. The number of fused-ring (bicyclic) bond motifs is 1. The molecule has 1 nitrogen and oxygen atoms in total. The molecule has 1 saturated carbocycles. The quantitative estimate of drug-likeness (QED) is 0.707. The van der Waals surface area contributed by atoms with Crippen LogP contribution in [0.25, 0.3) is 0 Å². The Hall–Kier alpha value is -0.0400. The molecular weight excluding hydrogens is 230 g/mol. The van der Waals surface area contributed by atoms with E-state index in [2.05, 4.69) is 39.5 Å². The van der Waals surface area contributed by atoms with E-state index in [1.165, 1.54) is 51.7 Å². The van der Waals surface area contributed by atoms with Crippen molar-refractivity contribution in [2.24, 2.45) is 29.1 Å². The maximum atomic E-state index is 2.75. The SMILES string of the molecule is CC(C)CC1CCC2CCN(CC(C)(C)C)CC2C1. The Morgan fingerprint density at radius 3 is 2.42 bits per heavy atom. The highest BCUT2D eigenvalue weighted by atomic mass is 15.1. The summed E-state index contributed by atoms with van der Waals surface area (Å²) in [7, 11) is 0. The lowest BCUT2D eigenvalue weighted by Crippen LogP contribution is -2.45. The van der Waals surface area contributed by atoms with Gasteiger partial charge in [0, 0.05) is 13.1 Å². The molecule has 2 aliphatic rings. The van der Waals surface area contributed by atoms with E-state index in [4.69, 9.17) is 0 Å². The molecule has 1 heterocycles. The van der Waals surface area contributed by atoms with Crippen LogP contribution in [0.15, 0.2) is 0 Å². The van der Waals surface area contributed by atoms with E-state index in [0.717, 1.165) is 23.7 Å². The fourth-order valence-electron chi connectivity index (χ4n) is 4.49. The van der Waals surface area contributed by atoms with Gasteiger partial charge in [0.2, 0.25) is 0 Å². The molecule has 1 heteroatoms. The van der Waals surface area contributed by atoms with Crippen LogP contribution >= 0.6 is 0 Å². The molecule has 3 unspecified atom stereocenters. The standard InChI is InChI=1S/C18H35N/c1-14(2)10-15-6-7-16-8-9-19(12-17(16)11-15)13-18(3,4)5/h14-17H,6-13H2,1-5H3. The minimum Gasteiger partial charge on any atom is -0.303 e. The normalized spacial score (nSPS) is 33.5. The topological polar surface area (TPSA) is 3.24 Å². The summed E-state index contributed by atoms with van der Waals surface area (Å²) in [4.78, 5) is 2.75. The molecule has 0 amide bonds. The summed E-state index contributed by atoms with van der Waals surface area (Å²) in [6.07, 6.45) is 7.48. The molecule has 19 heavy (non-hydrogen) atoms. The lowest BCUT2D eigenvalue weighted by Gasteiger charge is -2.45. The van der Waals surface area contributed by atoms with Crippen molar-refractivity contribution in [1.82, 2.24) is 4.90 Å². The van der Waals surface area contributed by atoms with Crippen molar-refractivity contribution in [3.05, 3.63) is 0 Å². The Morgan fingerprint density at radius 2 is 1.79 bits per heavy atom. The molecule has 2 fully saturated rings. The number of piperidine rings is 1. The van der Waals surface area contributed by atoms with Crippen molar-refractivity contribution < 1.29 is 0 Å². The van der Waals surface area contributed by atoms with Crippen molar-refractivity contribution in [2.45, 2.75) is 66.7 Å². The molecule has 0 N–H and O–H groups in total. The molecule has 0 aromatic rings. The summed E-state index contributed by atoms with van der Waals surface area (Å²) >= 11 is 0. The van der Waals surface area contributed by atoms with Crippen molar-refractivity contribution in [1.29, 1.82) is 0 Å². The minimum atomic E-state index is 0.457. The highest BCUT2D eigenvalue weighted by Gasteiger charge is 2.35. The van der Waals surface area contributed by atoms with E-state index < -0.39 is 0 Å². The fraction of sp³-hybridized carbons (Fsp3) is 1.00. The Labute approximate surface area is 121 Å². The third-order valence-electron chi connectivity index (χ3n) is 5.06. The van der Waals surface area contributed by atoms with Crippen molar-refractivity contribution >= 4 is 0 Å². The Bertz CT molecular complexity index is 276. The van der Waals surface area contributed by atoms with Crippen LogP contribution in [-0.4, -0.2) is 24.5 Å². The lowest BCUT2D eigenvalue weighted by atomic mass is 9.69. The van der Waals surface area contributed by atoms with Gasteiger partial charge >= 0.3 is 0 Å². The zero-order valence-electron chi connectivity index (χ0n) is 13.9. The van der Waals surface area contributed by atoms with E-state index in [1.54, 1.807) is 0 Å². The zero-order chi connectivity index (χ0) is 14.0. The number of nitrogens with zero attached hydrogens (tertiary/aromatic N) is 1. The molecule has 2 rings (SSSR count). The van der Waals surface area contributed by atoms with Crippen LogP contribution in [0.4, 0.5) is 0 Å². The minimum absolute atomic E-state index is 0.457. The third kappa shape index (κ3) is 4.77. The zero-order valence-corrected chi connectivity index (χ0v) is 13.9. The second-order valence-electron chi connectivity index (χ2n) is 8.91. The second kappa shape index (κ2) is 6.16. The van der Waals surface area contributed by atoms with Gasteiger partial charge in [0.25, 0.3) is 0 Å². The van der Waals surface area contributed by atoms with Crippen LogP contribution in [0.3, 0.4) is 0 Å².